The van der Waals surface area contributed by atoms with Gasteiger partial charge in [-0.2, -0.15) is 0 Å². The Balaban J connectivity index is 2.12. The van der Waals surface area contributed by atoms with Crippen molar-refractivity contribution in [1.29, 1.82) is 0 Å². The lowest BCUT2D eigenvalue weighted by atomic mass is 10.0. The average Bonchev–Trinajstić information content (AvgIpc) is 2.47. The predicted molar refractivity (Wildman–Crippen MR) is 80.6 cm³/mol. The highest BCUT2D eigenvalue weighted by Gasteiger charge is 2.25. The standard InChI is InChI=1S/C15H22F2N2S/c1-2-20-13-5-3-12(4-6-13)14(11-15(16)17)19-9-7-18-8-10-19/h3-6,14-15,18H,2,7-11H2,1H3/t14-/m0/s1. The highest BCUT2D eigenvalue weighted by atomic mass is 32.2. The van der Waals surface area contributed by atoms with Crippen molar-refractivity contribution in [2.75, 3.05) is 31.9 Å². The molecule has 1 aliphatic heterocycles. The van der Waals surface area contributed by atoms with Gasteiger partial charge in [-0.05, 0) is 23.4 Å². The van der Waals surface area contributed by atoms with E-state index in [1.54, 1.807) is 11.8 Å². The molecule has 1 aliphatic rings. The Morgan fingerprint density at radius 1 is 1.20 bits per heavy atom. The van der Waals surface area contributed by atoms with E-state index in [2.05, 4.69) is 17.1 Å². The van der Waals surface area contributed by atoms with Crippen LogP contribution in [0.15, 0.2) is 29.2 Å². The molecule has 0 saturated carbocycles. The molecule has 0 unspecified atom stereocenters. The quantitative estimate of drug-likeness (QED) is 0.811. The van der Waals surface area contributed by atoms with Crippen LogP contribution in [0.3, 0.4) is 0 Å². The first-order valence-corrected chi connectivity index (χ1v) is 8.15. The van der Waals surface area contributed by atoms with E-state index in [1.807, 2.05) is 24.3 Å². The van der Waals surface area contributed by atoms with Crippen LogP contribution in [0.5, 0.6) is 0 Å². The van der Waals surface area contributed by atoms with Crippen molar-refractivity contribution in [2.24, 2.45) is 0 Å². The summed E-state index contributed by atoms with van der Waals surface area (Å²) in [5.74, 6) is 1.03. The molecule has 0 aromatic heterocycles. The molecule has 0 aliphatic carbocycles. The maximum absolute atomic E-state index is 12.9. The molecule has 0 bridgehead atoms. The van der Waals surface area contributed by atoms with E-state index < -0.39 is 6.43 Å². The Kier molecular flexibility index (Phi) is 6.26. The molecule has 0 radical (unpaired) electrons. The molecule has 1 aromatic carbocycles. The van der Waals surface area contributed by atoms with Gasteiger partial charge in [0, 0.05) is 43.5 Å². The molecule has 0 amide bonds. The number of hydrogen-bond donors (Lipinski definition) is 1. The van der Waals surface area contributed by atoms with Crippen LogP contribution in [0.4, 0.5) is 8.78 Å². The molecule has 1 fully saturated rings. The van der Waals surface area contributed by atoms with Crippen molar-refractivity contribution < 1.29 is 8.78 Å². The number of benzene rings is 1. The van der Waals surface area contributed by atoms with Crippen LogP contribution >= 0.6 is 11.8 Å². The number of rotatable bonds is 6. The Labute approximate surface area is 123 Å². The molecule has 1 N–H and O–H groups in total. The van der Waals surface area contributed by atoms with Gasteiger partial charge in [0.15, 0.2) is 0 Å². The van der Waals surface area contributed by atoms with Crippen molar-refractivity contribution >= 4 is 11.8 Å². The summed E-state index contributed by atoms with van der Waals surface area (Å²) >= 11 is 1.77. The summed E-state index contributed by atoms with van der Waals surface area (Å²) in [6.45, 7) is 5.54. The summed E-state index contributed by atoms with van der Waals surface area (Å²) in [6.07, 6.45) is -2.35. The highest BCUT2D eigenvalue weighted by molar-refractivity contribution is 7.99. The van der Waals surface area contributed by atoms with Gasteiger partial charge in [-0.25, -0.2) is 8.78 Å². The first kappa shape index (κ1) is 15.7. The first-order valence-electron chi connectivity index (χ1n) is 7.16. The van der Waals surface area contributed by atoms with E-state index in [-0.39, 0.29) is 12.5 Å². The van der Waals surface area contributed by atoms with E-state index >= 15 is 0 Å². The van der Waals surface area contributed by atoms with Crippen LogP contribution in [0.1, 0.15) is 24.9 Å². The number of hydrogen-bond acceptors (Lipinski definition) is 3. The Bertz CT molecular complexity index is 391. The molecule has 2 rings (SSSR count). The number of piperazine rings is 1. The maximum atomic E-state index is 12.9. The largest absolute Gasteiger partial charge is 0.314 e. The van der Waals surface area contributed by atoms with Crippen LogP contribution in [0, 0.1) is 0 Å². The second-order valence-electron chi connectivity index (χ2n) is 4.93. The predicted octanol–water partition coefficient (Wildman–Crippen LogP) is 3.40. The molecule has 5 heteroatoms. The monoisotopic (exact) mass is 300 g/mol. The maximum Gasteiger partial charge on any atom is 0.240 e. The minimum atomic E-state index is -2.26. The Morgan fingerprint density at radius 2 is 1.85 bits per heavy atom. The third-order valence-electron chi connectivity index (χ3n) is 3.57. The van der Waals surface area contributed by atoms with Crippen molar-refractivity contribution in [1.82, 2.24) is 10.2 Å². The number of thioether (sulfide) groups is 1. The normalized spacial score (nSPS) is 18.4. The molecule has 2 nitrogen and oxygen atoms in total. The van der Waals surface area contributed by atoms with E-state index in [0.29, 0.717) is 0 Å². The van der Waals surface area contributed by atoms with E-state index in [0.717, 1.165) is 37.5 Å². The smallest absolute Gasteiger partial charge is 0.240 e. The number of nitrogens with one attached hydrogen (secondary N) is 1. The minimum absolute atomic E-state index is 0.0831. The van der Waals surface area contributed by atoms with Gasteiger partial charge in [0.05, 0.1) is 0 Å². The second-order valence-corrected chi connectivity index (χ2v) is 6.27. The molecule has 1 atom stereocenters. The zero-order valence-electron chi connectivity index (χ0n) is 11.8. The Morgan fingerprint density at radius 3 is 2.40 bits per heavy atom. The number of alkyl halides is 2. The van der Waals surface area contributed by atoms with Crippen LogP contribution < -0.4 is 5.32 Å². The summed E-state index contributed by atoms with van der Waals surface area (Å²) < 4.78 is 25.8. The lowest BCUT2D eigenvalue weighted by molar-refractivity contribution is 0.0739. The number of halogens is 2. The summed E-state index contributed by atoms with van der Waals surface area (Å²) in [4.78, 5) is 3.37. The summed E-state index contributed by atoms with van der Waals surface area (Å²) in [5, 5.41) is 3.27. The van der Waals surface area contributed by atoms with Crippen LogP contribution in [-0.4, -0.2) is 43.3 Å². The molecule has 1 heterocycles. The number of nitrogens with zero attached hydrogens (tertiary/aromatic N) is 1. The fourth-order valence-electron chi connectivity index (χ4n) is 2.61. The molecule has 20 heavy (non-hydrogen) atoms. The zero-order valence-corrected chi connectivity index (χ0v) is 12.6. The SMILES string of the molecule is CCSc1ccc([C@H](CC(F)F)N2CCNCC2)cc1. The van der Waals surface area contributed by atoms with E-state index in [9.17, 15) is 8.78 Å². The summed E-state index contributed by atoms with van der Waals surface area (Å²) in [7, 11) is 0. The lowest BCUT2D eigenvalue weighted by Crippen LogP contribution is -2.45. The average molecular weight is 300 g/mol. The van der Waals surface area contributed by atoms with Crippen molar-refractivity contribution in [3.8, 4) is 0 Å². The van der Waals surface area contributed by atoms with Crippen molar-refractivity contribution in [2.45, 2.75) is 30.7 Å². The van der Waals surface area contributed by atoms with Gasteiger partial charge < -0.3 is 5.32 Å². The first-order chi connectivity index (χ1) is 9.70. The fraction of sp³-hybridized carbons (Fsp3) is 0.600. The molecule has 1 aromatic rings. The minimum Gasteiger partial charge on any atom is -0.314 e. The second kappa shape index (κ2) is 7.96. The molecule has 112 valence electrons. The molecular weight excluding hydrogens is 278 g/mol. The zero-order chi connectivity index (χ0) is 14.4. The van der Waals surface area contributed by atoms with E-state index in [1.165, 1.54) is 4.90 Å². The van der Waals surface area contributed by atoms with Gasteiger partial charge in [-0.1, -0.05) is 19.1 Å². The van der Waals surface area contributed by atoms with Crippen LogP contribution in [0.2, 0.25) is 0 Å². The van der Waals surface area contributed by atoms with Gasteiger partial charge in [-0.3, -0.25) is 4.90 Å². The third-order valence-corrected chi connectivity index (χ3v) is 4.46. The third kappa shape index (κ3) is 4.43. The molecule has 0 spiro atoms. The van der Waals surface area contributed by atoms with Crippen molar-refractivity contribution in [3.05, 3.63) is 29.8 Å². The van der Waals surface area contributed by atoms with Gasteiger partial charge >= 0.3 is 0 Å². The Hall–Kier alpha value is -0.650. The molecule has 1 saturated heterocycles. The van der Waals surface area contributed by atoms with Gasteiger partial charge in [0.1, 0.15) is 0 Å². The van der Waals surface area contributed by atoms with E-state index in [4.69, 9.17) is 0 Å². The van der Waals surface area contributed by atoms with Crippen molar-refractivity contribution in [3.63, 3.8) is 0 Å². The van der Waals surface area contributed by atoms with Gasteiger partial charge in [0.25, 0.3) is 0 Å². The van der Waals surface area contributed by atoms with Gasteiger partial charge in [-0.15, -0.1) is 11.8 Å². The topological polar surface area (TPSA) is 15.3 Å². The van der Waals surface area contributed by atoms with Gasteiger partial charge in [0.2, 0.25) is 6.43 Å². The summed E-state index contributed by atoms with van der Waals surface area (Å²) in [6, 6.07) is 7.94. The fourth-order valence-corrected chi connectivity index (χ4v) is 3.27. The lowest BCUT2D eigenvalue weighted by Gasteiger charge is -2.35. The van der Waals surface area contributed by atoms with Crippen LogP contribution in [-0.2, 0) is 0 Å². The van der Waals surface area contributed by atoms with Crippen LogP contribution in [0.25, 0.3) is 0 Å². The molecular formula is C15H22F2N2S. The summed E-state index contributed by atoms with van der Waals surface area (Å²) in [5.41, 5.74) is 1.01. The highest BCUT2D eigenvalue weighted by Crippen LogP contribution is 2.29.